The number of para-hydroxylation sites is 1. The van der Waals surface area contributed by atoms with Gasteiger partial charge in [-0.05, 0) is 42.7 Å². The van der Waals surface area contributed by atoms with Gasteiger partial charge in [0, 0.05) is 36.1 Å². The summed E-state index contributed by atoms with van der Waals surface area (Å²) in [7, 11) is 0. The number of aromatic amines is 1. The zero-order valence-electron chi connectivity index (χ0n) is 15.0. The van der Waals surface area contributed by atoms with Crippen molar-refractivity contribution >= 4 is 23.5 Å². The Balaban J connectivity index is 0.000000209. The molecule has 6 heteroatoms. The maximum Gasteiger partial charge on any atom is 0.245 e. The van der Waals surface area contributed by atoms with Gasteiger partial charge < -0.3 is 26.5 Å². The van der Waals surface area contributed by atoms with Gasteiger partial charge in [0.25, 0.3) is 0 Å². The minimum atomic E-state index is 0.0735. The molecule has 1 aliphatic rings. The SMILES string of the molecule is C=CC(=O)N1CC[C@H](C)C1.N/C(=C\c1cc[nH]c1N)c1ccccc1O. The highest BCUT2D eigenvalue weighted by atomic mass is 16.3. The van der Waals surface area contributed by atoms with Crippen LogP contribution in [0.2, 0.25) is 0 Å². The number of nitrogens with one attached hydrogen (secondary N) is 1. The first kappa shape index (κ1) is 19.2. The van der Waals surface area contributed by atoms with E-state index in [9.17, 15) is 9.90 Å². The Bertz CT molecular complexity index is 795. The maximum absolute atomic E-state index is 11.0. The summed E-state index contributed by atoms with van der Waals surface area (Å²) in [5.74, 6) is 1.46. The van der Waals surface area contributed by atoms with Gasteiger partial charge >= 0.3 is 0 Å². The number of nitrogens with zero attached hydrogens (tertiary/aromatic N) is 1. The van der Waals surface area contributed by atoms with Gasteiger partial charge in [-0.25, -0.2) is 0 Å². The summed E-state index contributed by atoms with van der Waals surface area (Å²) in [5, 5.41) is 9.62. The van der Waals surface area contributed by atoms with E-state index >= 15 is 0 Å². The standard InChI is InChI=1S/C12H13N3O.C8H13NO/c13-10(7-8-5-6-15-12(8)14)9-3-1-2-4-11(9)16;1-3-8(10)9-5-4-7(2)6-9/h1-7,15-16H,13-14H2;3,7H,1,4-6H2,2H3/b10-7-;/t;7-/m.0/s1. The molecule has 1 atom stereocenters. The predicted molar refractivity (Wildman–Crippen MR) is 106 cm³/mol. The highest BCUT2D eigenvalue weighted by Crippen LogP contribution is 2.24. The third-order valence-corrected chi connectivity index (χ3v) is 4.25. The van der Waals surface area contributed by atoms with Crippen molar-refractivity contribution in [1.82, 2.24) is 9.88 Å². The summed E-state index contributed by atoms with van der Waals surface area (Å²) in [6.45, 7) is 7.42. The number of nitrogens with two attached hydrogens (primary N) is 2. The number of amides is 1. The van der Waals surface area contributed by atoms with Crippen molar-refractivity contribution in [2.24, 2.45) is 11.7 Å². The Morgan fingerprint density at radius 3 is 2.65 bits per heavy atom. The Kier molecular flexibility index (Phi) is 6.49. The lowest BCUT2D eigenvalue weighted by Crippen LogP contribution is -2.26. The molecule has 0 spiro atoms. The van der Waals surface area contributed by atoms with E-state index in [0.717, 1.165) is 25.1 Å². The number of aromatic nitrogens is 1. The Morgan fingerprint density at radius 2 is 2.12 bits per heavy atom. The van der Waals surface area contributed by atoms with E-state index in [1.54, 1.807) is 30.5 Å². The van der Waals surface area contributed by atoms with Gasteiger partial charge in [-0.3, -0.25) is 4.79 Å². The van der Waals surface area contributed by atoms with Crippen LogP contribution in [0.15, 0.2) is 49.2 Å². The van der Waals surface area contributed by atoms with E-state index in [0.29, 0.717) is 23.0 Å². The van der Waals surface area contributed by atoms with Crippen LogP contribution in [0.5, 0.6) is 5.75 Å². The minimum Gasteiger partial charge on any atom is -0.507 e. The summed E-state index contributed by atoms with van der Waals surface area (Å²) in [6, 6.07) is 8.73. The van der Waals surface area contributed by atoms with Crippen LogP contribution >= 0.6 is 0 Å². The van der Waals surface area contributed by atoms with Crippen molar-refractivity contribution in [2.45, 2.75) is 13.3 Å². The van der Waals surface area contributed by atoms with Gasteiger partial charge in [-0.1, -0.05) is 25.6 Å². The number of carbonyl (C=O) groups is 1. The van der Waals surface area contributed by atoms with E-state index in [1.807, 2.05) is 17.0 Å². The van der Waals surface area contributed by atoms with Crippen molar-refractivity contribution in [3.8, 4) is 5.75 Å². The van der Waals surface area contributed by atoms with Crippen molar-refractivity contribution < 1.29 is 9.90 Å². The molecule has 2 heterocycles. The molecule has 6 N–H and O–H groups in total. The van der Waals surface area contributed by atoms with Crippen LogP contribution < -0.4 is 11.5 Å². The zero-order chi connectivity index (χ0) is 19.1. The fraction of sp³-hybridized carbons (Fsp3) is 0.250. The molecule has 0 saturated carbocycles. The molecule has 1 aliphatic heterocycles. The third kappa shape index (κ3) is 4.92. The quantitative estimate of drug-likeness (QED) is 0.636. The Labute approximate surface area is 153 Å². The first-order valence-corrected chi connectivity index (χ1v) is 8.52. The second kappa shape index (κ2) is 8.80. The summed E-state index contributed by atoms with van der Waals surface area (Å²) < 4.78 is 0. The molecule has 1 saturated heterocycles. The topological polar surface area (TPSA) is 108 Å². The zero-order valence-corrected chi connectivity index (χ0v) is 15.0. The fourth-order valence-electron chi connectivity index (χ4n) is 2.75. The van der Waals surface area contributed by atoms with Gasteiger partial charge in [0.15, 0.2) is 0 Å². The molecule has 1 amide bonds. The average Bonchev–Trinajstić information content (AvgIpc) is 3.24. The lowest BCUT2D eigenvalue weighted by molar-refractivity contribution is -0.125. The van der Waals surface area contributed by atoms with Crippen LogP contribution in [-0.4, -0.2) is 34.0 Å². The second-order valence-corrected chi connectivity index (χ2v) is 6.35. The lowest BCUT2D eigenvalue weighted by atomic mass is 10.1. The molecule has 1 fully saturated rings. The molecule has 0 unspecified atom stereocenters. The number of likely N-dealkylation sites (tertiary alicyclic amines) is 1. The average molecular weight is 354 g/mol. The van der Waals surface area contributed by atoms with E-state index < -0.39 is 0 Å². The highest BCUT2D eigenvalue weighted by Gasteiger charge is 2.20. The maximum atomic E-state index is 11.0. The molecule has 6 nitrogen and oxygen atoms in total. The first-order chi connectivity index (χ1) is 12.4. The molecule has 1 aromatic heterocycles. The van der Waals surface area contributed by atoms with E-state index in [1.165, 1.54) is 6.08 Å². The predicted octanol–water partition coefficient (Wildman–Crippen LogP) is 2.80. The monoisotopic (exact) mass is 354 g/mol. The van der Waals surface area contributed by atoms with Crippen LogP contribution in [-0.2, 0) is 4.79 Å². The number of nitrogen functional groups attached to an aromatic ring is 1. The van der Waals surface area contributed by atoms with Gasteiger partial charge in [-0.15, -0.1) is 0 Å². The summed E-state index contributed by atoms with van der Waals surface area (Å²) in [4.78, 5) is 15.7. The minimum absolute atomic E-state index is 0.0735. The van der Waals surface area contributed by atoms with Crippen molar-refractivity contribution in [2.75, 3.05) is 18.8 Å². The van der Waals surface area contributed by atoms with Crippen LogP contribution in [0, 0.1) is 5.92 Å². The van der Waals surface area contributed by atoms with E-state index in [2.05, 4.69) is 18.5 Å². The molecule has 0 aliphatic carbocycles. The number of carbonyl (C=O) groups excluding carboxylic acids is 1. The Hall–Kier alpha value is -3.15. The number of H-pyrrole nitrogens is 1. The number of benzene rings is 1. The van der Waals surface area contributed by atoms with Gasteiger partial charge in [0.2, 0.25) is 5.91 Å². The first-order valence-electron chi connectivity index (χ1n) is 8.52. The van der Waals surface area contributed by atoms with Crippen LogP contribution in [0.25, 0.3) is 11.8 Å². The Morgan fingerprint density at radius 1 is 1.38 bits per heavy atom. The normalized spacial score (nSPS) is 16.7. The molecule has 0 radical (unpaired) electrons. The van der Waals surface area contributed by atoms with Crippen LogP contribution in [0.4, 0.5) is 5.82 Å². The molecule has 138 valence electrons. The van der Waals surface area contributed by atoms with Gasteiger partial charge in [-0.2, -0.15) is 0 Å². The molecule has 0 bridgehead atoms. The largest absolute Gasteiger partial charge is 0.507 e. The third-order valence-electron chi connectivity index (χ3n) is 4.25. The molecule has 2 aromatic rings. The number of rotatable bonds is 3. The number of aromatic hydroxyl groups is 1. The van der Waals surface area contributed by atoms with Crippen molar-refractivity contribution in [3.05, 3.63) is 60.3 Å². The number of hydrogen-bond acceptors (Lipinski definition) is 4. The highest BCUT2D eigenvalue weighted by molar-refractivity contribution is 5.87. The number of anilines is 1. The van der Waals surface area contributed by atoms with Gasteiger partial charge in [0.1, 0.15) is 11.6 Å². The molecule has 26 heavy (non-hydrogen) atoms. The summed E-state index contributed by atoms with van der Waals surface area (Å²) in [6.07, 6.45) is 5.98. The van der Waals surface area contributed by atoms with Gasteiger partial charge in [0.05, 0.1) is 0 Å². The number of hydrogen-bond donors (Lipinski definition) is 4. The molecular formula is C20H26N4O2. The van der Waals surface area contributed by atoms with Crippen LogP contribution in [0.3, 0.4) is 0 Å². The van der Waals surface area contributed by atoms with Crippen LogP contribution in [0.1, 0.15) is 24.5 Å². The fourth-order valence-corrected chi connectivity index (χ4v) is 2.75. The summed E-state index contributed by atoms with van der Waals surface area (Å²) >= 11 is 0. The smallest absolute Gasteiger partial charge is 0.245 e. The lowest BCUT2D eigenvalue weighted by Gasteiger charge is -2.11. The second-order valence-electron chi connectivity index (χ2n) is 6.35. The number of phenols is 1. The van der Waals surface area contributed by atoms with E-state index in [-0.39, 0.29) is 11.7 Å². The van der Waals surface area contributed by atoms with E-state index in [4.69, 9.17) is 11.5 Å². The number of phenolic OH excluding ortho intramolecular Hbond substituents is 1. The summed E-state index contributed by atoms with van der Waals surface area (Å²) in [5.41, 5.74) is 13.5. The van der Waals surface area contributed by atoms with Crippen molar-refractivity contribution in [1.29, 1.82) is 0 Å². The van der Waals surface area contributed by atoms with Crippen molar-refractivity contribution in [3.63, 3.8) is 0 Å². The molecule has 3 rings (SSSR count). The molecular weight excluding hydrogens is 328 g/mol. The molecule has 1 aromatic carbocycles.